The normalized spacial score (nSPS) is 13.9. The zero-order valence-corrected chi connectivity index (χ0v) is 10.6. The van der Waals surface area contributed by atoms with Crippen LogP contribution in [0.3, 0.4) is 0 Å². The molecule has 1 atom stereocenters. The predicted molar refractivity (Wildman–Crippen MR) is 61.2 cm³/mol. The van der Waals surface area contributed by atoms with Gasteiger partial charge in [0.2, 0.25) is 0 Å². The van der Waals surface area contributed by atoms with Crippen molar-refractivity contribution in [2.24, 2.45) is 5.73 Å². The average Bonchev–Trinajstić information content (AvgIpc) is 2.08. The fourth-order valence-corrected chi connectivity index (χ4v) is 2.02. The largest absolute Gasteiger partial charge is 0.390 e. The third kappa shape index (κ3) is 3.49. The van der Waals surface area contributed by atoms with Crippen molar-refractivity contribution in [3.05, 3.63) is 33.3 Å². The lowest BCUT2D eigenvalue weighted by Gasteiger charge is -2.17. The summed E-state index contributed by atoms with van der Waals surface area (Å²) in [5.41, 5.74) is 7.78. The Kier molecular flexibility index (Phi) is 4.02. The second kappa shape index (κ2) is 4.75. The van der Waals surface area contributed by atoms with Crippen LogP contribution < -0.4 is 5.73 Å². The van der Waals surface area contributed by atoms with Crippen LogP contribution in [0.4, 0.5) is 13.2 Å². The first-order valence-corrected chi connectivity index (χ1v) is 5.59. The molecule has 0 aliphatic heterocycles. The molecular formula is C11H13BrF3N. The van der Waals surface area contributed by atoms with E-state index in [1.54, 1.807) is 19.1 Å². The van der Waals surface area contributed by atoms with Gasteiger partial charge in [0.15, 0.2) is 0 Å². The topological polar surface area (TPSA) is 26.0 Å². The highest BCUT2D eigenvalue weighted by Crippen LogP contribution is 2.31. The van der Waals surface area contributed by atoms with Gasteiger partial charge in [0.05, 0.1) is 6.42 Å². The summed E-state index contributed by atoms with van der Waals surface area (Å²) < 4.78 is 37.5. The fraction of sp³-hybridized carbons (Fsp3) is 0.455. The van der Waals surface area contributed by atoms with Gasteiger partial charge in [-0.2, -0.15) is 13.2 Å². The molecule has 0 saturated carbocycles. The van der Waals surface area contributed by atoms with Gasteiger partial charge in [-0.3, -0.25) is 0 Å². The summed E-state index contributed by atoms with van der Waals surface area (Å²) in [6.07, 6.45) is -5.22. The first kappa shape index (κ1) is 13.5. The summed E-state index contributed by atoms with van der Waals surface area (Å²) in [6.45, 7) is 3.59. The Bertz CT molecular complexity index is 388. The van der Waals surface area contributed by atoms with Crippen LogP contribution in [0.5, 0.6) is 0 Å². The zero-order valence-electron chi connectivity index (χ0n) is 9.03. The van der Waals surface area contributed by atoms with Gasteiger partial charge < -0.3 is 5.73 Å². The standard InChI is InChI=1S/C11H13BrF3N/c1-6-4-9(12)7(2)3-8(6)10(16)5-11(13,14)15/h3-4,10H,5,16H2,1-2H3. The minimum atomic E-state index is -4.23. The number of hydrogen-bond donors (Lipinski definition) is 1. The molecule has 0 bridgehead atoms. The zero-order chi connectivity index (χ0) is 12.5. The van der Waals surface area contributed by atoms with Crippen molar-refractivity contribution in [1.82, 2.24) is 0 Å². The Morgan fingerprint density at radius 3 is 2.31 bits per heavy atom. The van der Waals surface area contributed by atoms with Gasteiger partial charge in [0.25, 0.3) is 0 Å². The summed E-state index contributed by atoms with van der Waals surface area (Å²) in [7, 11) is 0. The molecule has 16 heavy (non-hydrogen) atoms. The Hall–Kier alpha value is -0.550. The van der Waals surface area contributed by atoms with E-state index in [9.17, 15) is 13.2 Å². The number of aryl methyl sites for hydroxylation is 2. The highest BCUT2D eigenvalue weighted by Gasteiger charge is 2.31. The van der Waals surface area contributed by atoms with Crippen molar-refractivity contribution in [2.45, 2.75) is 32.5 Å². The van der Waals surface area contributed by atoms with Crippen LogP contribution in [0, 0.1) is 13.8 Å². The van der Waals surface area contributed by atoms with Gasteiger partial charge in [-0.1, -0.05) is 22.0 Å². The summed E-state index contributed by atoms with van der Waals surface area (Å²) in [4.78, 5) is 0. The Morgan fingerprint density at radius 2 is 1.81 bits per heavy atom. The van der Waals surface area contributed by atoms with Gasteiger partial charge >= 0.3 is 6.18 Å². The van der Waals surface area contributed by atoms with Crippen molar-refractivity contribution < 1.29 is 13.2 Å². The Balaban J connectivity index is 3.00. The molecule has 1 aromatic carbocycles. The van der Waals surface area contributed by atoms with Crippen LogP contribution in [0.25, 0.3) is 0 Å². The van der Waals surface area contributed by atoms with Crippen LogP contribution in [-0.4, -0.2) is 6.18 Å². The fourth-order valence-electron chi connectivity index (χ4n) is 1.56. The first-order valence-electron chi connectivity index (χ1n) is 4.79. The molecule has 1 aromatic rings. The van der Waals surface area contributed by atoms with Gasteiger partial charge in [-0.25, -0.2) is 0 Å². The summed E-state index contributed by atoms with van der Waals surface area (Å²) in [5, 5.41) is 0. The molecule has 0 spiro atoms. The van der Waals surface area contributed by atoms with Crippen LogP contribution in [-0.2, 0) is 0 Å². The Labute approximate surface area is 101 Å². The summed E-state index contributed by atoms with van der Waals surface area (Å²) in [6, 6.07) is 2.50. The van der Waals surface area contributed by atoms with Gasteiger partial charge in [-0.15, -0.1) is 0 Å². The lowest BCUT2D eigenvalue weighted by Crippen LogP contribution is -2.21. The van der Waals surface area contributed by atoms with Gasteiger partial charge in [0, 0.05) is 10.5 Å². The summed E-state index contributed by atoms with van der Waals surface area (Å²) >= 11 is 3.33. The molecule has 0 fully saturated rings. The predicted octanol–water partition coefficient (Wildman–Crippen LogP) is 4.02. The number of rotatable bonds is 2. The van der Waals surface area contributed by atoms with Crippen LogP contribution in [0.2, 0.25) is 0 Å². The van der Waals surface area contributed by atoms with E-state index in [0.29, 0.717) is 5.56 Å². The molecule has 0 amide bonds. The monoisotopic (exact) mass is 295 g/mol. The second-order valence-corrected chi connectivity index (χ2v) is 4.74. The lowest BCUT2D eigenvalue weighted by atomic mass is 9.97. The van der Waals surface area contributed by atoms with Crippen LogP contribution in [0.1, 0.15) is 29.2 Å². The molecule has 2 N–H and O–H groups in total. The van der Waals surface area contributed by atoms with Gasteiger partial charge in [-0.05, 0) is 36.6 Å². The maximum Gasteiger partial charge on any atom is 0.390 e. The minimum absolute atomic E-state index is 0.554. The number of halogens is 4. The molecule has 1 unspecified atom stereocenters. The molecule has 0 heterocycles. The van der Waals surface area contributed by atoms with Crippen molar-refractivity contribution in [2.75, 3.05) is 0 Å². The smallest absolute Gasteiger partial charge is 0.324 e. The highest BCUT2D eigenvalue weighted by atomic mass is 79.9. The van der Waals surface area contributed by atoms with E-state index in [1.165, 1.54) is 0 Å². The SMILES string of the molecule is Cc1cc(C(N)CC(F)(F)F)c(C)cc1Br. The Morgan fingerprint density at radius 1 is 1.25 bits per heavy atom. The molecule has 1 rings (SSSR count). The van der Waals surface area contributed by atoms with Crippen molar-refractivity contribution in [1.29, 1.82) is 0 Å². The molecule has 1 nitrogen and oxygen atoms in total. The minimum Gasteiger partial charge on any atom is -0.324 e. The maximum atomic E-state index is 12.2. The number of benzene rings is 1. The third-order valence-electron chi connectivity index (χ3n) is 2.40. The molecule has 0 saturated heterocycles. The van der Waals surface area contributed by atoms with Crippen LogP contribution in [0.15, 0.2) is 16.6 Å². The van der Waals surface area contributed by atoms with Crippen molar-refractivity contribution in [3.63, 3.8) is 0 Å². The molecule has 0 radical (unpaired) electrons. The van der Waals surface area contributed by atoms with E-state index in [0.717, 1.165) is 15.6 Å². The molecule has 5 heteroatoms. The van der Waals surface area contributed by atoms with E-state index in [4.69, 9.17) is 5.73 Å². The maximum absolute atomic E-state index is 12.2. The second-order valence-electron chi connectivity index (χ2n) is 3.88. The van der Waals surface area contributed by atoms with Crippen LogP contribution >= 0.6 is 15.9 Å². The molecular weight excluding hydrogens is 283 g/mol. The molecule has 0 aliphatic carbocycles. The third-order valence-corrected chi connectivity index (χ3v) is 3.25. The molecule has 0 aromatic heterocycles. The number of hydrogen-bond acceptors (Lipinski definition) is 1. The van der Waals surface area contributed by atoms with Crippen molar-refractivity contribution in [3.8, 4) is 0 Å². The summed E-state index contributed by atoms with van der Waals surface area (Å²) in [5.74, 6) is 0. The van der Waals surface area contributed by atoms with Crippen molar-refractivity contribution >= 4 is 15.9 Å². The quantitative estimate of drug-likeness (QED) is 0.876. The van der Waals surface area contributed by atoms with E-state index in [-0.39, 0.29) is 0 Å². The lowest BCUT2D eigenvalue weighted by molar-refractivity contribution is -0.138. The van der Waals surface area contributed by atoms with E-state index < -0.39 is 18.6 Å². The van der Waals surface area contributed by atoms with E-state index in [1.807, 2.05) is 6.92 Å². The first-order chi connectivity index (χ1) is 7.20. The molecule has 90 valence electrons. The average molecular weight is 296 g/mol. The van der Waals surface area contributed by atoms with Gasteiger partial charge in [0.1, 0.15) is 0 Å². The van der Waals surface area contributed by atoms with E-state index >= 15 is 0 Å². The highest BCUT2D eigenvalue weighted by molar-refractivity contribution is 9.10. The number of alkyl halides is 3. The molecule has 0 aliphatic rings. The number of nitrogens with two attached hydrogens (primary N) is 1. The van der Waals surface area contributed by atoms with E-state index in [2.05, 4.69) is 15.9 Å².